The Morgan fingerprint density at radius 3 is 1.39 bits per heavy atom. The molecule has 0 unspecified atom stereocenters. The third kappa shape index (κ3) is 19.0. The number of unbranched alkanes of at least 4 members (excludes halogenated alkanes) is 17. The average molecular weight is 948 g/mol. The van der Waals surface area contributed by atoms with Gasteiger partial charge in [0.05, 0.1) is 40.8 Å². The Kier molecular flexibility index (Phi) is 25.2. The van der Waals surface area contributed by atoms with Crippen LogP contribution in [0.4, 0.5) is 11.4 Å². The molecule has 4 aromatic carbocycles. The Bertz CT molecular complexity index is 2050. The maximum absolute atomic E-state index is 6.80. The van der Waals surface area contributed by atoms with E-state index in [1.54, 1.807) is 0 Å². The molecular formula is C57H75Cl2CoN3O. The molecule has 1 heterocycles. The molecule has 0 N–H and O–H groups in total. The van der Waals surface area contributed by atoms with Gasteiger partial charge in [0.25, 0.3) is 0 Å². The van der Waals surface area contributed by atoms with Crippen molar-refractivity contribution in [2.24, 2.45) is 9.98 Å². The molecule has 0 aliphatic heterocycles. The molecule has 0 atom stereocenters. The summed E-state index contributed by atoms with van der Waals surface area (Å²) in [5, 5.41) is 0. The molecule has 0 amide bonds. The predicted octanol–water partition coefficient (Wildman–Crippen LogP) is 18.8. The van der Waals surface area contributed by atoms with Crippen LogP contribution in [-0.4, -0.2) is 23.0 Å². The first kappa shape index (κ1) is 52.9. The summed E-state index contributed by atoms with van der Waals surface area (Å²) < 4.78 is 6.80. The molecule has 5 aromatic rings. The molecule has 1 aromatic heterocycles. The molecule has 0 bridgehead atoms. The number of hydrogen-bond acceptors (Lipinski definition) is 4. The molecule has 5 rings (SSSR count). The van der Waals surface area contributed by atoms with Gasteiger partial charge in [0.1, 0.15) is 5.75 Å². The summed E-state index contributed by atoms with van der Waals surface area (Å²) in [6, 6.07) is 40.0. The zero-order valence-corrected chi connectivity index (χ0v) is 42.3. The van der Waals surface area contributed by atoms with Crippen LogP contribution in [0.1, 0.15) is 174 Å². The Labute approximate surface area is 402 Å². The molecule has 0 fully saturated rings. The second kappa shape index (κ2) is 30.5. The summed E-state index contributed by atoms with van der Waals surface area (Å²) in [5.74, 6) is 0.920. The predicted molar refractivity (Wildman–Crippen MR) is 276 cm³/mol. The number of ether oxygens (including phenoxy) is 1. The number of hydrogen-bond donors (Lipinski definition) is 0. The molecule has 0 aliphatic rings. The number of aliphatic imine (C=N–C) groups is 2. The standard InChI is InChI=1S/C57H75N3O.2ClH.Co/c1-7-8-9-10-11-12-13-14-15-16-17-18-19-20-21-22-23-32-42-61-56-50(47-34-26-24-27-35-47)43-49(44-51(56)48-36-28-25-29-37-48)58-45(2)53-40-33-41-54(60-53)46(3)59-55-39-31-30-38-52(55)57(4,5)6;;;/h24-31,33-41,43-44H,7-23,32,42H2,1-6H3;2*1H;/q;;;+2/p-2. The van der Waals surface area contributed by atoms with Crippen molar-refractivity contribution in [3.63, 3.8) is 0 Å². The van der Waals surface area contributed by atoms with E-state index in [1.165, 1.54) is 115 Å². The molecule has 4 nitrogen and oxygen atoms in total. The van der Waals surface area contributed by atoms with Crippen LogP contribution >= 0.6 is 20.3 Å². The van der Waals surface area contributed by atoms with Gasteiger partial charge in [0.15, 0.2) is 0 Å². The van der Waals surface area contributed by atoms with Crippen molar-refractivity contribution < 1.29 is 17.6 Å². The Hall–Kier alpha value is -3.74. The van der Waals surface area contributed by atoms with Crippen LogP contribution < -0.4 is 4.74 Å². The topological polar surface area (TPSA) is 46.8 Å². The number of aromatic nitrogens is 1. The van der Waals surface area contributed by atoms with Crippen molar-refractivity contribution >= 4 is 43.1 Å². The van der Waals surface area contributed by atoms with Gasteiger partial charge >= 0.3 is 33.2 Å². The summed E-state index contributed by atoms with van der Waals surface area (Å²) in [7, 11) is 9.47. The van der Waals surface area contributed by atoms with Gasteiger partial charge in [-0.15, -0.1) is 0 Å². The first-order chi connectivity index (χ1) is 31.2. The Morgan fingerprint density at radius 1 is 0.531 bits per heavy atom. The zero-order valence-electron chi connectivity index (χ0n) is 39.7. The van der Waals surface area contributed by atoms with Gasteiger partial charge in [-0.1, -0.05) is 222 Å². The van der Waals surface area contributed by atoms with Crippen molar-refractivity contribution in [2.45, 2.75) is 163 Å². The van der Waals surface area contributed by atoms with Gasteiger partial charge in [-0.25, -0.2) is 4.98 Å². The first-order valence-corrected chi connectivity index (χ1v) is 27.0. The second-order valence-corrected chi connectivity index (χ2v) is 19.8. The number of nitrogens with zero attached hydrogens (tertiary/aromatic N) is 3. The number of benzene rings is 4. The molecule has 0 spiro atoms. The number of para-hydroxylation sites is 1. The summed E-state index contributed by atoms with van der Waals surface area (Å²) in [6.45, 7) is 13.7. The number of halogens is 2. The van der Waals surface area contributed by atoms with E-state index in [0.29, 0.717) is 19.5 Å². The fraction of sp³-hybridized carbons (Fsp3) is 0.456. The summed E-state index contributed by atoms with van der Waals surface area (Å²) in [5.41, 5.74) is 10.8. The zero-order chi connectivity index (χ0) is 45.8. The van der Waals surface area contributed by atoms with E-state index in [1.807, 2.05) is 38.1 Å². The van der Waals surface area contributed by atoms with Crippen LogP contribution in [0, 0.1) is 0 Å². The van der Waals surface area contributed by atoms with Crippen molar-refractivity contribution in [1.29, 1.82) is 0 Å². The van der Waals surface area contributed by atoms with Crippen LogP contribution in [0.5, 0.6) is 5.75 Å². The quantitative estimate of drug-likeness (QED) is 0.0410. The van der Waals surface area contributed by atoms with Crippen LogP contribution in [0.2, 0.25) is 0 Å². The van der Waals surface area contributed by atoms with Crippen molar-refractivity contribution in [3.8, 4) is 28.0 Å². The van der Waals surface area contributed by atoms with Gasteiger partial charge in [-0.3, -0.25) is 9.98 Å². The van der Waals surface area contributed by atoms with Crippen molar-refractivity contribution in [1.82, 2.24) is 4.98 Å². The van der Waals surface area contributed by atoms with E-state index in [9.17, 15) is 0 Å². The molecule has 7 heteroatoms. The summed E-state index contributed by atoms with van der Waals surface area (Å²) in [4.78, 5) is 15.3. The third-order valence-electron chi connectivity index (χ3n) is 11.8. The molecule has 0 saturated carbocycles. The third-order valence-corrected chi connectivity index (χ3v) is 11.8. The van der Waals surface area contributed by atoms with Gasteiger partial charge in [0.2, 0.25) is 0 Å². The van der Waals surface area contributed by atoms with Crippen molar-refractivity contribution in [2.75, 3.05) is 6.61 Å². The van der Waals surface area contributed by atoms with Crippen LogP contribution in [-0.2, 0) is 18.3 Å². The number of rotatable bonds is 26. The summed E-state index contributed by atoms with van der Waals surface area (Å²) in [6.07, 6.45) is 24.6. The van der Waals surface area contributed by atoms with Crippen LogP contribution in [0.3, 0.4) is 0 Å². The molecule has 0 radical (unpaired) electrons. The van der Waals surface area contributed by atoms with E-state index in [0.717, 1.165) is 68.6 Å². The fourth-order valence-corrected chi connectivity index (χ4v) is 8.21. The van der Waals surface area contributed by atoms with Gasteiger partial charge < -0.3 is 4.74 Å². The van der Waals surface area contributed by atoms with E-state index in [-0.39, 0.29) is 5.41 Å². The maximum atomic E-state index is 6.80. The van der Waals surface area contributed by atoms with Gasteiger partial charge in [-0.05, 0) is 72.7 Å². The Morgan fingerprint density at radius 2 is 0.938 bits per heavy atom. The molecule has 0 aliphatic carbocycles. The first-order valence-electron chi connectivity index (χ1n) is 24.1. The second-order valence-electron chi connectivity index (χ2n) is 18.1. The monoisotopic (exact) mass is 946 g/mol. The van der Waals surface area contributed by atoms with Crippen LogP contribution in [0.15, 0.2) is 125 Å². The molecule has 0 saturated heterocycles. The van der Waals surface area contributed by atoms with E-state index < -0.39 is 0 Å². The Balaban J connectivity index is 0.00000291. The van der Waals surface area contributed by atoms with E-state index >= 15 is 0 Å². The fourth-order valence-electron chi connectivity index (χ4n) is 8.21. The van der Waals surface area contributed by atoms with Gasteiger partial charge in [-0.2, -0.15) is 0 Å². The summed E-state index contributed by atoms with van der Waals surface area (Å²) >= 11 is 0.382. The minimum absolute atomic E-state index is 0.0120. The average Bonchev–Trinajstić information content (AvgIpc) is 3.30. The SMILES string of the molecule is CCCCCCCCCCCCCCCCCCCCOc1c(-c2ccccc2)cc(N=C(C)c2cccc(C(C)=Nc3ccccc3C(C)(C)C)n2)cc1-c1ccccc1.[Cl][Co][Cl]. The normalized spacial score (nSPS) is 12.0. The van der Waals surface area contributed by atoms with Crippen molar-refractivity contribution in [3.05, 3.63) is 132 Å². The molecule has 347 valence electrons. The minimum atomic E-state index is -0.0120. The molecule has 64 heavy (non-hydrogen) atoms. The van der Waals surface area contributed by atoms with E-state index in [2.05, 4.69) is 119 Å². The molecular weight excluding hydrogens is 872 g/mol. The van der Waals surface area contributed by atoms with Gasteiger partial charge in [0, 0.05) is 11.1 Å². The van der Waals surface area contributed by atoms with Crippen LogP contribution in [0.25, 0.3) is 22.3 Å². The van der Waals surface area contributed by atoms with E-state index in [4.69, 9.17) is 40.0 Å². The number of pyridine rings is 1.